The average molecular weight is 797 g/mol. The highest BCUT2D eigenvalue weighted by molar-refractivity contribution is 6.30. The van der Waals surface area contributed by atoms with Gasteiger partial charge in [-0.15, -0.1) is 0 Å². The van der Waals surface area contributed by atoms with Crippen molar-refractivity contribution in [2.75, 3.05) is 13.7 Å². The van der Waals surface area contributed by atoms with E-state index in [1.54, 1.807) is 44.4 Å². The third-order valence-electron chi connectivity index (χ3n) is 9.92. The van der Waals surface area contributed by atoms with Crippen LogP contribution in [0.15, 0.2) is 152 Å². The standard InChI is InChI=1S/C47H45ClN4O6/c1-3-58-44(54)29-27-37(26-28-43(49)53)50-45(55)39(30-32-22-24-36(48)25-23-32)51-46(56)41-31-38-40(20-13-21-42(38)57-2)52(41)47(33-14-7-4-8-15-33,34-16-9-5-10-17-34)35-18-11-6-12-19-35/h4-25,27,29,31,37,39H,3,26,28,30H2,1-2H3,(H2,49,53)(H,50,55)(H,51,56)/b29-27+. The topological polar surface area (TPSA) is 142 Å². The molecular weight excluding hydrogens is 752 g/mol. The second-order valence-corrected chi connectivity index (χ2v) is 14.1. The Balaban J connectivity index is 1.53. The molecule has 0 radical (unpaired) electrons. The predicted octanol–water partition coefficient (Wildman–Crippen LogP) is 7.35. The zero-order valence-corrected chi connectivity index (χ0v) is 33.0. The number of nitrogens with one attached hydrogen (secondary N) is 2. The van der Waals surface area contributed by atoms with Crippen LogP contribution in [0.4, 0.5) is 0 Å². The van der Waals surface area contributed by atoms with Crippen LogP contribution in [-0.2, 0) is 31.1 Å². The zero-order valence-electron chi connectivity index (χ0n) is 32.3. The number of primary amides is 1. The molecule has 0 saturated heterocycles. The van der Waals surface area contributed by atoms with E-state index >= 15 is 4.79 Å². The molecule has 0 aliphatic rings. The summed E-state index contributed by atoms with van der Waals surface area (Å²) in [4.78, 5) is 53.6. The van der Waals surface area contributed by atoms with Gasteiger partial charge in [0.2, 0.25) is 11.8 Å². The summed E-state index contributed by atoms with van der Waals surface area (Å²) in [6.45, 7) is 1.85. The third kappa shape index (κ3) is 9.14. The summed E-state index contributed by atoms with van der Waals surface area (Å²) < 4.78 is 12.9. The number of fused-ring (bicyclic) bond motifs is 1. The molecule has 2 atom stereocenters. The highest BCUT2D eigenvalue weighted by atomic mass is 35.5. The first-order chi connectivity index (χ1) is 28.1. The molecule has 1 heterocycles. The van der Waals surface area contributed by atoms with E-state index in [2.05, 4.69) is 10.6 Å². The van der Waals surface area contributed by atoms with Crippen molar-refractivity contribution in [1.29, 1.82) is 0 Å². The van der Waals surface area contributed by atoms with Crippen LogP contribution in [0.5, 0.6) is 5.75 Å². The van der Waals surface area contributed by atoms with Crippen LogP contribution in [0.1, 0.15) is 52.5 Å². The van der Waals surface area contributed by atoms with Crippen molar-refractivity contribution in [2.45, 2.75) is 43.8 Å². The third-order valence-corrected chi connectivity index (χ3v) is 10.2. The molecule has 3 amide bonds. The number of halogens is 1. The molecule has 0 fully saturated rings. The number of esters is 1. The Morgan fingerprint density at radius 2 is 1.38 bits per heavy atom. The Labute approximate surface area is 342 Å². The van der Waals surface area contributed by atoms with Crippen LogP contribution in [0.3, 0.4) is 0 Å². The SMILES string of the molecule is CCOC(=O)/C=C/C(CCC(N)=O)NC(=O)C(Cc1ccc(Cl)cc1)NC(=O)c1cc2c(OC)cccc2n1C(c1ccccc1)(c1ccccc1)c1ccccc1. The molecule has 0 aliphatic carbocycles. The van der Waals surface area contributed by atoms with Gasteiger partial charge in [-0.25, -0.2) is 4.79 Å². The summed E-state index contributed by atoms with van der Waals surface area (Å²) >= 11 is 6.22. The summed E-state index contributed by atoms with van der Waals surface area (Å²) in [6, 6.07) is 42.5. The lowest BCUT2D eigenvalue weighted by atomic mass is 9.76. The molecule has 4 N–H and O–H groups in total. The average Bonchev–Trinajstić information content (AvgIpc) is 3.64. The molecular formula is C47H45ClN4O6. The number of benzene rings is 5. The molecule has 0 bridgehead atoms. The van der Waals surface area contributed by atoms with Gasteiger partial charge in [-0.2, -0.15) is 0 Å². The number of carbonyl (C=O) groups is 4. The molecule has 10 nitrogen and oxygen atoms in total. The number of aromatic nitrogens is 1. The smallest absolute Gasteiger partial charge is 0.330 e. The van der Waals surface area contributed by atoms with E-state index in [4.69, 9.17) is 26.8 Å². The van der Waals surface area contributed by atoms with Gasteiger partial charge in [0.05, 0.1) is 19.2 Å². The number of amides is 3. The normalized spacial score (nSPS) is 12.5. The molecule has 2 unspecified atom stereocenters. The van der Waals surface area contributed by atoms with Crippen molar-refractivity contribution in [3.63, 3.8) is 0 Å². The number of hydrogen-bond donors (Lipinski definition) is 3. The van der Waals surface area contributed by atoms with Crippen LogP contribution in [-0.4, -0.2) is 54.1 Å². The first-order valence-electron chi connectivity index (χ1n) is 19.0. The van der Waals surface area contributed by atoms with Crippen LogP contribution in [0.25, 0.3) is 10.9 Å². The van der Waals surface area contributed by atoms with Crippen molar-refractivity contribution in [3.05, 3.63) is 185 Å². The second kappa shape index (κ2) is 19.0. The number of ether oxygens (including phenoxy) is 2. The number of nitrogens with two attached hydrogens (primary N) is 1. The van der Waals surface area contributed by atoms with Gasteiger partial charge in [-0.1, -0.05) is 127 Å². The van der Waals surface area contributed by atoms with Crippen molar-refractivity contribution in [2.24, 2.45) is 5.73 Å². The van der Waals surface area contributed by atoms with Crippen LogP contribution in [0.2, 0.25) is 5.02 Å². The van der Waals surface area contributed by atoms with E-state index in [0.29, 0.717) is 16.2 Å². The van der Waals surface area contributed by atoms with Gasteiger partial charge in [0.25, 0.3) is 5.91 Å². The van der Waals surface area contributed by atoms with Gasteiger partial charge in [0.1, 0.15) is 23.0 Å². The molecule has 0 saturated carbocycles. The molecule has 58 heavy (non-hydrogen) atoms. The maximum Gasteiger partial charge on any atom is 0.330 e. The van der Waals surface area contributed by atoms with E-state index in [0.717, 1.165) is 27.8 Å². The molecule has 5 aromatic carbocycles. The lowest BCUT2D eigenvalue weighted by molar-refractivity contribution is -0.137. The Bertz CT molecular complexity index is 2280. The summed E-state index contributed by atoms with van der Waals surface area (Å²) in [5.74, 6) is -1.69. The summed E-state index contributed by atoms with van der Waals surface area (Å²) in [6.07, 6.45) is 2.79. The summed E-state index contributed by atoms with van der Waals surface area (Å²) in [5, 5.41) is 7.19. The van der Waals surface area contributed by atoms with E-state index < -0.39 is 41.3 Å². The van der Waals surface area contributed by atoms with Crippen molar-refractivity contribution < 1.29 is 28.7 Å². The van der Waals surface area contributed by atoms with Gasteiger partial charge in [-0.05, 0) is 65.9 Å². The monoisotopic (exact) mass is 796 g/mol. The Hall–Kier alpha value is -6.65. The molecule has 0 aliphatic heterocycles. The Kier molecular flexibility index (Phi) is 13.4. The van der Waals surface area contributed by atoms with E-state index in [1.165, 1.54) is 12.2 Å². The van der Waals surface area contributed by atoms with Gasteiger partial charge >= 0.3 is 5.97 Å². The minimum atomic E-state index is -1.13. The van der Waals surface area contributed by atoms with Gasteiger partial charge in [0, 0.05) is 35.4 Å². The number of rotatable bonds is 17. The second-order valence-electron chi connectivity index (χ2n) is 13.7. The lowest BCUT2D eigenvalue weighted by Gasteiger charge is -2.39. The number of hydrogen-bond acceptors (Lipinski definition) is 6. The molecule has 11 heteroatoms. The fraction of sp³-hybridized carbons (Fsp3) is 0.191. The first-order valence-corrected chi connectivity index (χ1v) is 19.4. The molecule has 6 rings (SSSR count). The minimum Gasteiger partial charge on any atom is -0.496 e. The van der Waals surface area contributed by atoms with E-state index in [-0.39, 0.29) is 31.6 Å². The molecule has 0 spiro atoms. The fourth-order valence-corrected chi connectivity index (χ4v) is 7.44. The first kappa shape index (κ1) is 41.0. The summed E-state index contributed by atoms with van der Waals surface area (Å²) in [7, 11) is 1.59. The van der Waals surface area contributed by atoms with Crippen LogP contribution < -0.4 is 21.1 Å². The molecule has 1 aromatic heterocycles. The number of nitrogens with zero attached hydrogens (tertiary/aromatic N) is 1. The largest absolute Gasteiger partial charge is 0.496 e. The predicted molar refractivity (Wildman–Crippen MR) is 226 cm³/mol. The molecule has 6 aromatic rings. The molecule has 296 valence electrons. The van der Waals surface area contributed by atoms with Crippen molar-refractivity contribution in [1.82, 2.24) is 15.2 Å². The Morgan fingerprint density at radius 3 is 1.91 bits per heavy atom. The zero-order chi connectivity index (χ0) is 41.1. The van der Waals surface area contributed by atoms with Crippen molar-refractivity contribution in [3.8, 4) is 5.75 Å². The van der Waals surface area contributed by atoms with Crippen LogP contribution >= 0.6 is 11.6 Å². The number of carbonyl (C=O) groups excluding carboxylic acids is 4. The van der Waals surface area contributed by atoms with Gasteiger partial charge in [0.15, 0.2) is 0 Å². The lowest BCUT2D eigenvalue weighted by Crippen LogP contribution is -2.51. The summed E-state index contributed by atoms with van der Waals surface area (Å²) in [5.41, 5.74) is 8.75. The maximum absolute atomic E-state index is 15.2. The highest BCUT2D eigenvalue weighted by Crippen LogP contribution is 2.45. The maximum atomic E-state index is 15.2. The Morgan fingerprint density at radius 1 is 0.793 bits per heavy atom. The van der Waals surface area contributed by atoms with Crippen LogP contribution in [0, 0.1) is 0 Å². The number of methoxy groups -OCH3 is 1. The van der Waals surface area contributed by atoms with Crippen molar-refractivity contribution >= 4 is 46.2 Å². The fourth-order valence-electron chi connectivity index (χ4n) is 7.32. The minimum absolute atomic E-state index is 0.0607. The van der Waals surface area contributed by atoms with Gasteiger partial charge in [-0.3, -0.25) is 14.4 Å². The quantitative estimate of drug-likeness (QED) is 0.0501. The van der Waals surface area contributed by atoms with Gasteiger partial charge < -0.3 is 30.4 Å². The van der Waals surface area contributed by atoms with E-state index in [9.17, 15) is 14.4 Å². The van der Waals surface area contributed by atoms with E-state index in [1.807, 2.05) is 114 Å². The highest BCUT2D eigenvalue weighted by Gasteiger charge is 2.42.